The largest absolute Gasteiger partial charge is 0.467 e. The zero-order valence-corrected chi connectivity index (χ0v) is 13.0. The van der Waals surface area contributed by atoms with Crippen molar-refractivity contribution < 1.29 is 4.74 Å². The second-order valence-corrected chi connectivity index (χ2v) is 2.94. The normalized spacial score (nSPS) is 8.18. The summed E-state index contributed by atoms with van der Waals surface area (Å²) < 4.78 is 5.31. The molecule has 0 aromatic rings. The fraction of sp³-hybridized carbons (Fsp3) is 0.625. The standard InChI is InChI=1S/C9H16O.C3H8.C2H6.C2H2/c1-5-7-9(6-2)10-8(3)4;1-3-2;2*1-2/h7H,3,5-6H2,1-2,4H3;3H2,1-2H3;1-2H3;1-2H/b9-7-;;;. The van der Waals surface area contributed by atoms with E-state index in [1.165, 1.54) is 6.42 Å². The van der Waals surface area contributed by atoms with Crippen molar-refractivity contribution in [2.75, 3.05) is 0 Å². The van der Waals surface area contributed by atoms with Gasteiger partial charge in [0, 0.05) is 6.42 Å². The fourth-order valence-corrected chi connectivity index (χ4v) is 0.710. The smallest absolute Gasteiger partial charge is 0.0992 e. The first-order valence-electron chi connectivity index (χ1n) is 6.47. The van der Waals surface area contributed by atoms with E-state index < -0.39 is 0 Å². The lowest BCUT2D eigenvalue weighted by Gasteiger charge is -2.05. The highest BCUT2D eigenvalue weighted by Crippen LogP contribution is 2.08. The molecule has 102 valence electrons. The van der Waals surface area contributed by atoms with Crippen LogP contribution in [0.25, 0.3) is 0 Å². The number of hydrogen-bond acceptors (Lipinski definition) is 1. The number of terminal acetylenes is 1. The van der Waals surface area contributed by atoms with Crippen LogP contribution in [0, 0.1) is 12.8 Å². The van der Waals surface area contributed by atoms with Gasteiger partial charge in [0.1, 0.15) is 0 Å². The van der Waals surface area contributed by atoms with Gasteiger partial charge in [0.2, 0.25) is 0 Å². The van der Waals surface area contributed by atoms with Crippen LogP contribution in [-0.4, -0.2) is 0 Å². The molecule has 0 heterocycles. The Morgan fingerprint density at radius 3 is 1.65 bits per heavy atom. The van der Waals surface area contributed by atoms with Crippen LogP contribution in [-0.2, 0) is 4.74 Å². The van der Waals surface area contributed by atoms with Crippen LogP contribution in [0.15, 0.2) is 24.2 Å². The van der Waals surface area contributed by atoms with Crippen LogP contribution in [0.5, 0.6) is 0 Å². The average molecular weight is 240 g/mol. The molecule has 1 heteroatoms. The van der Waals surface area contributed by atoms with Crippen molar-refractivity contribution in [1.82, 2.24) is 0 Å². The Morgan fingerprint density at radius 1 is 1.12 bits per heavy atom. The highest BCUT2D eigenvalue weighted by Gasteiger charge is 1.92. The summed E-state index contributed by atoms with van der Waals surface area (Å²) in [5.74, 6) is 1.79. The van der Waals surface area contributed by atoms with E-state index in [2.05, 4.69) is 53.2 Å². The summed E-state index contributed by atoms with van der Waals surface area (Å²) in [5, 5.41) is 0. The predicted molar refractivity (Wildman–Crippen MR) is 81.8 cm³/mol. The van der Waals surface area contributed by atoms with E-state index in [1.807, 2.05) is 20.8 Å². The number of ether oxygens (including phenoxy) is 1. The number of allylic oxidation sites excluding steroid dienone is 3. The van der Waals surface area contributed by atoms with Gasteiger partial charge in [-0.2, -0.15) is 0 Å². The van der Waals surface area contributed by atoms with E-state index in [0.29, 0.717) is 0 Å². The van der Waals surface area contributed by atoms with E-state index in [9.17, 15) is 0 Å². The molecule has 0 aromatic carbocycles. The molecule has 0 aromatic heterocycles. The molecule has 17 heavy (non-hydrogen) atoms. The van der Waals surface area contributed by atoms with Gasteiger partial charge in [-0.25, -0.2) is 0 Å². The molecule has 1 nitrogen and oxygen atoms in total. The van der Waals surface area contributed by atoms with Crippen LogP contribution in [0.4, 0.5) is 0 Å². The molecule has 0 aliphatic heterocycles. The third-order valence-corrected chi connectivity index (χ3v) is 1.09. The fourth-order valence-electron chi connectivity index (χ4n) is 0.710. The first-order valence-corrected chi connectivity index (χ1v) is 6.47. The summed E-state index contributed by atoms with van der Waals surface area (Å²) in [6, 6.07) is 0. The molecule has 0 saturated carbocycles. The van der Waals surface area contributed by atoms with Gasteiger partial charge in [0.25, 0.3) is 0 Å². The van der Waals surface area contributed by atoms with Gasteiger partial charge in [-0.3, -0.25) is 0 Å². The molecule has 0 rings (SSSR count). The lowest BCUT2D eigenvalue weighted by Crippen LogP contribution is -1.86. The minimum absolute atomic E-state index is 0.765. The van der Waals surface area contributed by atoms with E-state index in [4.69, 9.17) is 4.74 Å². The Morgan fingerprint density at radius 2 is 1.47 bits per heavy atom. The minimum atomic E-state index is 0.765. The second kappa shape index (κ2) is 29.4. The molecule has 0 atom stereocenters. The SMILES string of the molecule is C#C.C=C(C)O/C(=C\CC)CC.CC.CCC. The Balaban J connectivity index is -0.000000102. The van der Waals surface area contributed by atoms with Gasteiger partial charge >= 0.3 is 0 Å². The summed E-state index contributed by atoms with van der Waals surface area (Å²) in [6.07, 6.45) is 13.3. The second-order valence-electron chi connectivity index (χ2n) is 2.94. The Kier molecular flexibility index (Phi) is 43.0. The first kappa shape index (κ1) is 24.9. The van der Waals surface area contributed by atoms with E-state index in [-0.39, 0.29) is 0 Å². The molecule has 0 aliphatic carbocycles. The third-order valence-electron chi connectivity index (χ3n) is 1.09. The maximum atomic E-state index is 5.31. The maximum absolute atomic E-state index is 5.31. The van der Waals surface area contributed by atoms with E-state index in [1.54, 1.807) is 0 Å². The van der Waals surface area contributed by atoms with Crippen molar-refractivity contribution in [3.05, 3.63) is 24.2 Å². The summed E-state index contributed by atoms with van der Waals surface area (Å²) >= 11 is 0. The van der Waals surface area contributed by atoms with E-state index >= 15 is 0 Å². The molecule has 0 amide bonds. The highest BCUT2D eigenvalue weighted by molar-refractivity contribution is 4.95. The molecule has 0 fully saturated rings. The van der Waals surface area contributed by atoms with Gasteiger partial charge in [-0.1, -0.05) is 54.5 Å². The van der Waals surface area contributed by atoms with Crippen LogP contribution in [0.3, 0.4) is 0 Å². The van der Waals surface area contributed by atoms with Crippen molar-refractivity contribution >= 4 is 0 Å². The van der Waals surface area contributed by atoms with Crippen molar-refractivity contribution in [2.45, 2.75) is 67.7 Å². The zero-order valence-electron chi connectivity index (χ0n) is 13.0. The van der Waals surface area contributed by atoms with Gasteiger partial charge in [0.15, 0.2) is 0 Å². The van der Waals surface area contributed by atoms with Gasteiger partial charge in [-0.15, -0.1) is 12.8 Å². The number of hydrogen-bond donors (Lipinski definition) is 0. The average Bonchev–Trinajstić information content (AvgIpc) is 2.34. The molecule has 0 bridgehead atoms. The molecule has 0 N–H and O–H groups in total. The maximum Gasteiger partial charge on any atom is 0.0992 e. The monoisotopic (exact) mass is 240 g/mol. The Labute approximate surface area is 110 Å². The molecule has 0 aliphatic rings. The lowest BCUT2D eigenvalue weighted by molar-refractivity contribution is 0.296. The van der Waals surface area contributed by atoms with Gasteiger partial charge in [-0.05, 0) is 19.4 Å². The molecule has 0 radical (unpaired) electrons. The van der Waals surface area contributed by atoms with Crippen LogP contribution in [0.2, 0.25) is 0 Å². The zero-order chi connectivity index (χ0) is 14.7. The quantitative estimate of drug-likeness (QED) is 0.437. The Bertz CT molecular complexity index is 175. The molecular formula is C16H32O. The topological polar surface area (TPSA) is 9.23 Å². The third kappa shape index (κ3) is 39.8. The predicted octanol–water partition coefficient (Wildman–Crippen LogP) is 5.93. The lowest BCUT2D eigenvalue weighted by atomic mass is 10.3. The van der Waals surface area contributed by atoms with Crippen molar-refractivity contribution in [1.29, 1.82) is 0 Å². The summed E-state index contributed by atoms with van der Waals surface area (Å²) in [7, 11) is 0. The molecular weight excluding hydrogens is 208 g/mol. The first-order chi connectivity index (χ1) is 8.12. The van der Waals surface area contributed by atoms with Crippen molar-refractivity contribution in [3.63, 3.8) is 0 Å². The minimum Gasteiger partial charge on any atom is -0.467 e. The molecule has 0 spiro atoms. The molecule has 0 unspecified atom stereocenters. The number of rotatable bonds is 4. The highest BCUT2D eigenvalue weighted by atomic mass is 16.5. The van der Waals surface area contributed by atoms with Crippen molar-refractivity contribution in [2.24, 2.45) is 0 Å². The van der Waals surface area contributed by atoms with Crippen LogP contribution < -0.4 is 0 Å². The van der Waals surface area contributed by atoms with E-state index in [0.717, 1.165) is 24.4 Å². The summed E-state index contributed by atoms with van der Waals surface area (Å²) in [5.41, 5.74) is 0. The molecule has 0 saturated heterocycles. The van der Waals surface area contributed by atoms with Gasteiger partial charge < -0.3 is 4.74 Å². The van der Waals surface area contributed by atoms with Gasteiger partial charge in [0.05, 0.1) is 11.5 Å². The van der Waals surface area contributed by atoms with Crippen LogP contribution in [0.1, 0.15) is 67.7 Å². The van der Waals surface area contributed by atoms with Crippen molar-refractivity contribution in [3.8, 4) is 12.8 Å². The summed E-state index contributed by atoms with van der Waals surface area (Å²) in [6.45, 7) is 17.9. The Hall–Kier alpha value is -1.16. The summed E-state index contributed by atoms with van der Waals surface area (Å²) in [4.78, 5) is 0. The van der Waals surface area contributed by atoms with Crippen LogP contribution >= 0.6 is 0 Å².